The van der Waals surface area contributed by atoms with Crippen LogP contribution in [0.4, 0.5) is 0 Å². The van der Waals surface area contributed by atoms with Gasteiger partial charge in [-0.3, -0.25) is 10.1 Å². The quantitative estimate of drug-likeness (QED) is 0.622. The van der Waals surface area contributed by atoms with Gasteiger partial charge < -0.3 is 4.74 Å². The van der Waals surface area contributed by atoms with Gasteiger partial charge in [0.25, 0.3) is 6.04 Å². The molecule has 0 aliphatic rings. The molecule has 5 nitrogen and oxygen atoms in total. The molecule has 0 saturated heterocycles. The van der Waals surface area contributed by atoms with E-state index in [2.05, 4.69) is 4.98 Å². The van der Waals surface area contributed by atoms with Gasteiger partial charge in [0.05, 0.1) is 12.3 Å². The van der Waals surface area contributed by atoms with Crippen molar-refractivity contribution in [1.82, 2.24) is 4.98 Å². The van der Waals surface area contributed by atoms with E-state index < -0.39 is 6.04 Å². The summed E-state index contributed by atoms with van der Waals surface area (Å²) in [5.74, 6) is 0. The number of rotatable bonds is 5. The number of hydrogen-bond donors (Lipinski definition) is 0. The Labute approximate surface area is 115 Å². The van der Waals surface area contributed by atoms with Crippen molar-refractivity contribution in [1.29, 1.82) is 0 Å². The van der Waals surface area contributed by atoms with Crippen LogP contribution in [0.3, 0.4) is 0 Å². The molecule has 0 amide bonds. The largest absolute Gasteiger partial charge is 0.483 e. The smallest absolute Gasteiger partial charge is 0.289 e. The Morgan fingerprint density at radius 1 is 1.42 bits per heavy atom. The van der Waals surface area contributed by atoms with Gasteiger partial charge in [-0.1, -0.05) is 41.7 Å². The molecule has 0 aliphatic heterocycles. The maximum atomic E-state index is 11.3. The number of ether oxygens (including phenoxy) is 1. The van der Waals surface area contributed by atoms with Crippen molar-refractivity contribution in [3.63, 3.8) is 0 Å². The SMILES string of the molecule is CCOc1sc(C(c2ccccc2)[N+](=O)[O-])nc1C. The zero-order valence-electron chi connectivity index (χ0n) is 10.7. The Morgan fingerprint density at radius 2 is 2.11 bits per heavy atom. The minimum absolute atomic E-state index is 0.316. The molecule has 0 bridgehead atoms. The summed E-state index contributed by atoms with van der Waals surface area (Å²) in [6.07, 6.45) is 0. The van der Waals surface area contributed by atoms with Crippen molar-refractivity contribution in [2.45, 2.75) is 19.9 Å². The van der Waals surface area contributed by atoms with Gasteiger partial charge in [0.15, 0.2) is 10.1 Å². The fourth-order valence-electron chi connectivity index (χ4n) is 1.77. The van der Waals surface area contributed by atoms with Gasteiger partial charge in [0, 0.05) is 10.5 Å². The van der Waals surface area contributed by atoms with Crippen molar-refractivity contribution in [3.05, 3.63) is 56.7 Å². The standard InChI is InChI=1S/C13H14N2O3S/c1-3-18-13-9(2)14-12(19-13)11(15(16)17)10-7-5-4-6-8-10/h4-8,11H,3H2,1-2H3. The second kappa shape index (κ2) is 5.79. The van der Waals surface area contributed by atoms with E-state index in [4.69, 9.17) is 4.74 Å². The Balaban J connectivity index is 2.40. The predicted molar refractivity (Wildman–Crippen MR) is 73.3 cm³/mol. The number of aryl methyl sites for hydroxylation is 1. The van der Waals surface area contributed by atoms with Gasteiger partial charge in [-0.15, -0.1) is 0 Å². The first-order valence-electron chi connectivity index (χ1n) is 5.92. The van der Waals surface area contributed by atoms with Gasteiger partial charge >= 0.3 is 0 Å². The lowest BCUT2D eigenvalue weighted by Gasteiger charge is -2.06. The van der Waals surface area contributed by atoms with Gasteiger partial charge in [-0.05, 0) is 13.8 Å². The van der Waals surface area contributed by atoms with E-state index in [0.717, 1.165) is 0 Å². The Hall–Kier alpha value is -1.95. The lowest BCUT2D eigenvalue weighted by molar-refractivity contribution is -0.517. The third kappa shape index (κ3) is 2.90. The van der Waals surface area contributed by atoms with Crippen LogP contribution in [0.25, 0.3) is 0 Å². The van der Waals surface area contributed by atoms with Crippen molar-refractivity contribution >= 4 is 11.3 Å². The van der Waals surface area contributed by atoms with E-state index in [1.54, 1.807) is 31.2 Å². The third-order valence-corrected chi connectivity index (χ3v) is 3.73. The summed E-state index contributed by atoms with van der Waals surface area (Å²) in [5.41, 5.74) is 1.33. The summed E-state index contributed by atoms with van der Waals surface area (Å²) in [4.78, 5) is 15.3. The molecule has 1 unspecified atom stereocenters. The van der Waals surface area contributed by atoms with Crippen molar-refractivity contribution in [2.24, 2.45) is 0 Å². The number of benzene rings is 1. The molecular weight excluding hydrogens is 264 g/mol. The molecule has 0 aliphatic carbocycles. The van der Waals surface area contributed by atoms with Gasteiger partial charge in [-0.2, -0.15) is 0 Å². The Kier molecular flexibility index (Phi) is 4.11. The topological polar surface area (TPSA) is 65.3 Å². The van der Waals surface area contributed by atoms with Gasteiger partial charge in [0.2, 0.25) is 0 Å². The fourth-order valence-corrected chi connectivity index (χ4v) is 2.85. The number of aromatic nitrogens is 1. The minimum Gasteiger partial charge on any atom is -0.483 e. The summed E-state index contributed by atoms with van der Waals surface area (Å²) in [5, 5.41) is 12.4. The van der Waals surface area contributed by atoms with Crippen LogP contribution in [0.2, 0.25) is 0 Å². The van der Waals surface area contributed by atoms with Crippen LogP contribution in [-0.4, -0.2) is 16.5 Å². The molecule has 0 saturated carbocycles. The molecule has 2 aromatic rings. The van der Waals surface area contributed by atoms with Crippen LogP contribution in [0.1, 0.15) is 29.2 Å². The van der Waals surface area contributed by atoms with Gasteiger partial charge in [-0.25, -0.2) is 4.98 Å². The number of nitrogens with zero attached hydrogens (tertiary/aromatic N) is 2. The molecule has 100 valence electrons. The first-order chi connectivity index (χ1) is 9.13. The molecule has 2 rings (SSSR count). The average molecular weight is 278 g/mol. The Bertz CT molecular complexity index is 569. The van der Waals surface area contributed by atoms with Crippen molar-refractivity contribution in [2.75, 3.05) is 6.61 Å². The summed E-state index contributed by atoms with van der Waals surface area (Å²) >= 11 is 1.24. The lowest BCUT2D eigenvalue weighted by atomic mass is 10.1. The second-order valence-corrected chi connectivity index (χ2v) is 4.95. The van der Waals surface area contributed by atoms with Crippen LogP contribution >= 0.6 is 11.3 Å². The predicted octanol–water partition coefficient (Wildman–Crippen LogP) is 3.22. The Morgan fingerprint density at radius 3 is 2.68 bits per heavy atom. The highest BCUT2D eigenvalue weighted by atomic mass is 32.1. The maximum Gasteiger partial charge on any atom is 0.289 e. The molecule has 0 fully saturated rings. The molecule has 0 N–H and O–H groups in total. The highest BCUT2D eigenvalue weighted by molar-refractivity contribution is 7.13. The first-order valence-corrected chi connectivity index (χ1v) is 6.73. The average Bonchev–Trinajstić information content (AvgIpc) is 2.72. The van der Waals surface area contributed by atoms with Crippen LogP contribution in [0, 0.1) is 17.0 Å². The van der Waals surface area contributed by atoms with Crippen LogP contribution in [-0.2, 0) is 0 Å². The molecule has 1 aromatic heterocycles. The maximum absolute atomic E-state index is 11.3. The summed E-state index contributed by atoms with van der Waals surface area (Å²) in [7, 11) is 0. The van der Waals surface area contributed by atoms with E-state index in [1.807, 2.05) is 13.0 Å². The van der Waals surface area contributed by atoms with Crippen LogP contribution in [0.5, 0.6) is 5.06 Å². The summed E-state index contributed by atoms with van der Waals surface area (Å²) < 4.78 is 5.42. The number of hydrogen-bond acceptors (Lipinski definition) is 5. The normalized spacial score (nSPS) is 12.1. The molecule has 1 atom stereocenters. The molecular formula is C13H14N2O3S. The van der Waals surface area contributed by atoms with E-state index in [9.17, 15) is 10.1 Å². The van der Waals surface area contributed by atoms with E-state index in [-0.39, 0.29) is 4.92 Å². The van der Waals surface area contributed by atoms with Crippen molar-refractivity contribution in [3.8, 4) is 5.06 Å². The van der Waals surface area contributed by atoms with Crippen LogP contribution in [0.15, 0.2) is 30.3 Å². The molecule has 19 heavy (non-hydrogen) atoms. The summed E-state index contributed by atoms with van der Waals surface area (Å²) in [6.45, 7) is 4.20. The monoisotopic (exact) mass is 278 g/mol. The second-order valence-electron chi connectivity index (χ2n) is 3.96. The highest BCUT2D eigenvalue weighted by Gasteiger charge is 2.29. The first kappa shape index (κ1) is 13.5. The number of thiazole rings is 1. The molecule has 0 radical (unpaired) electrons. The summed E-state index contributed by atoms with van der Waals surface area (Å²) in [6, 6.07) is 7.96. The minimum atomic E-state index is -0.931. The molecule has 6 heteroatoms. The van der Waals surface area contributed by atoms with E-state index >= 15 is 0 Å². The molecule has 1 heterocycles. The molecule has 0 spiro atoms. The van der Waals surface area contributed by atoms with Crippen LogP contribution < -0.4 is 4.74 Å². The van der Waals surface area contributed by atoms with E-state index in [1.165, 1.54) is 11.3 Å². The zero-order valence-corrected chi connectivity index (χ0v) is 11.5. The molecule has 1 aromatic carbocycles. The zero-order chi connectivity index (χ0) is 13.8. The third-order valence-electron chi connectivity index (χ3n) is 2.61. The van der Waals surface area contributed by atoms with E-state index in [0.29, 0.717) is 27.9 Å². The fraction of sp³-hybridized carbons (Fsp3) is 0.308. The highest BCUT2D eigenvalue weighted by Crippen LogP contribution is 2.34. The van der Waals surface area contributed by atoms with Gasteiger partial charge in [0.1, 0.15) is 0 Å². The lowest BCUT2D eigenvalue weighted by Crippen LogP contribution is -2.11. The number of nitro groups is 1. The van der Waals surface area contributed by atoms with Crippen molar-refractivity contribution < 1.29 is 9.66 Å².